The van der Waals surface area contributed by atoms with E-state index in [0.717, 1.165) is 10.9 Å². The van der Waals surface area contributed by atoms with E-state index in [0.29, 0.717) is 10.7 Å². The van der Waals surface area contributed by atoms with Gasteiger partial charge in [0, 0.05) is 28.4 Å². The molecule has 0 spiro atoms. The first-order chi connectivity index (χ1) is 13.1. The molecule has 3 unspecified atom stereocenters. The molecule has 1 N–H and O–H groups in total. The maximum atomic E-state index is 13.0. The van der Waals surface area contributed by atoms with Crippen LogP contribution >= 0.6 is 11.6 Å². The van der Waals surface area contributed by atoms with Crippen LogP contribution in [0.4, 0.5) is 0 Å². The summed E-state index contributed by atoms with van der Waals surface area (Å²) in [6, 6.07) is 13.0. The number of nitrogens with zero attached hydrogens (tertiary/aromatic N) is 3. The Labute approximate surface area is 161 Å². The topological polar surface area (TPSA) is 89.6 Å². The molecule has 2 aliphatic rings. The van der Waals surface area contributed by atoms with Crippen LogP contribution in [0.25, 0.3) is 10.9 Å². The van der Waals surface area contributed by atoms with Gasteiger partial charge in [-0.15, -0.1) is 0 Å². The number of carbonyl (C=O) groups is 1. The molecule has 1 amide bonds. The van der Waals surface area contributed by atoms with Crippen molar-refractivity contribution in [2.45, 2.75) is 12.5 Å². The summed E-state index contributed by atoms with van der Waals surface area (Å²) in [6.45, 7) is 0. The first kappa shape index (κ1) is 17.3. The Morgan fingerprint density at radius 3 is 2.70 bits per heavy atom. The monoisotopic (exact) mass is 374 g/mol. The Bertz CT molecular complexity index is 1060. The van der Waals surface area contributed by atoms with Gasteiger partial charge in [0.2, 0.25) is 5.91 Å². The lowest BCUT2D eigenvalue weighted by Crippen LogP contribution is -2.43. The van der Waals surface area contributed by atoms with Gasteiger partial charge in [-0.2, -0.15) is 10.5 Å². The largest absolute Gasteiger partial charge is 0.349 e. The van der Waals surface area contributed by atoms with Crippen LogP contribution in [0.3, 0.4) is 0 Å². The highest BCUT2D eigenvalue weighted by Gasteiger charge is 2.59. The number of rotatable bonds is 3. The summed E-state index contributed by atoms with van der Waals surface area (Å²) >= 11 is 6.07. The van der Waals surface area contributed by atoms with Crippen LogP contribution < -0.4 is 5.32 Å². The fraction of sp³-hybridized carbons (Fsp3) is 0.238. The van der Waals surface area contributed by atoms with Crippen molar-refractivity contribution >= 4 is 28.4 Å². The van der Waals surface area contributed by atoms with Crippen LogP contribution in [0, 0.1) is 39.9 Å². The number of halogens is 1. The molecule has 1 saturated heterocycles. The molecule has 0 bridgehead atoms. The molecule has 2 heterocycles. The Morgan fingerprint density at radius 2 is 1.93 bits per heavy atom. The van der Waals surface area contributed by atoms with Crippen LogP contribution in [0.1, 0.15) is 5.69 Å². The van der Waals surface area contributed by atoms with Gasteiger partial charge in [0.1, 0.15) is 5.92 Å². The average molecular weight is 375 g/mol. The van der Waals surface area contributed by atoms with Gasteiger partial charge in [-0.05, 0) is 18.2 Å². The molecule has 0 radical (unpaired) electrons. The van der Waals surface area contributed by atoms with Crippen molar-refractivity contribution in [2.24, 2.45) is 17.3 Å². The van der Waals surface area contributed by atoms with E-state index >= 15 is 0 Å². The van der Waals surface area contributed by atoms with Gasteiger partial charge >= 0.3 is 0 Å². The predicted molar refractivity (Wildman–Crippen MR) is 101 cm³/mol. The van der Waals surface area contributed by atoms with Gasteiger partial charge in [-0.1, -0.05) is 48.0 Å². The Hall–Kier alpha value is -3.15. The second-order valence-electron chi connectivity index (χ2n) is 6.84. The molecule has 1 aromatic carbocycles. The van der Waals surface area contributed by atoms with E-state index in [-0.39, 0.29) is 24.3 Å². The normalized spacial score (nSPS) is 25.9. The van der Waals surface area contributed by atoms with Crippen molar-refractivity contribution in [1.29, 1.82) is 10.5 Å². The van der Waals surface area contributed by atoms with Crippen molar-refractivity contribution < 1.29 is 4.79 Å². The molecule has 4 rings (SSSR count). The van der Waals surface area contributed by atoms with Crippen LogP contribution in [-0.4, -0.2) is 16.9 Å². The standard InChI is InChI=1S/C21H15ClN4O/c22-15-7-5-13-6-8-16(25-19(13)9-15)10-21(14(11-23)12-24)17-3-1-2-4-18(17)26-20(21)27/h1-9,14,17-18H,10H2,(H,26,27). The zero-order valence-corrected chi connectivity index (χ0v) is 15.0. The van der Waals surface area contributed by atoms with Gasteiger partial charge in [-0.25, -0.2) is 0 Å². The summed E-state index contributed by atoms with van der Waals surface area (Å²) in [4.78, 5) is 17.7. The third-order valence-corrected chi connectivity index (χ3v) is 5.64. The lowest BCUT2D eigenvalue weighted by atomic mass is 9.63. The maximum absolute atomic E-state index is 13.0. The molecule has 132 valence electrons. The minimum absolute atomic E-state index is 0.201. The summed E-state index contributed by atoms with van der Waals surface area (Å²) < 4.78 is 0. The summed E-state index contributed by atoms with van der Waals surface area (Å²) in [5, 5.41) is 23.7. The lowest BCUT2D eigenvalue weighted by molar-refractivity contribution is -0.129. The van der Waals surface area contributed by atoms with E-state index in [1.54, 1.807) is 12.1 Å². The average Bonchev–Trinajstić information content (AvgIpc) is 2.95. The van der Waals surface area contributed by atoms with Crippen molar-refractivity contribution in [2.75, 3.05) is 0 Å². The number of pyridine rings is 1. The number of fused-ring (bicyclic) bond motifs is 2. The van der Waals surface area contributed by atoms with Gasteiger partial charge in [0.15, 0.2) is 0 Å². The number of hydrogen-bond acceptors (Lipinski definition) is 4. The Morgan fingerprint density at radius 1 is 1.19 bits per heavy atom. The van der Waals surface area contributed by atoms with E-state index in [4.69, 9.17) is 11.6 Å². The number of nitrogens with one attached hydrogen (secondary N) is 1. The highest BCUT2D eigenvalue weighted by Crippen LogP contribution is 2.47. The van der Waals surface area contributed by atoms with Crippen LogP contribution in [0.2, 0.25) is 5.02 Å². The molecular weight excluding hydrogens is 360 g/mol. The molecule has 1 fully saturated rings. The van der Waals surface area contributed by atoms with E-state index in [1.807, 2.05) is 54.6 Å². The van der Waals surface area contributed by atoms with E-state index < -0.39 is 11.3 Å². The summed E-state index contributed by atoms with van der Waals surface area (Å²) in [6.07, 6.45) is 7.72. The molecule has 1 aliphatic heterocycles. The number of benzene rings is 1. The Balaban J connectivity index is 1.82. The van der Waals surface area contributed by atoms with Crippen molar-refractivity contribution in [1.82, 2.24) is 10.3 Å². The number of allylic oxidation sites excluding steroid dienone is 2. The summed E-state index contributed by atoms with van der Waals surface area (Å²) in [5.74, 6) is -1.65. The molecule has 0 saturated carbocycles. The zero-order valence-electron chi connectivity index (χ0n) is 14.3. The predicted octanol–water partition coefficient (Wildman–Crippen LogP) is 3.32. The zero-order chi connectivity index (χ0) is 19.0. The molecular formula is C21H15ClN4O. The Kier molecular flexibility index (Phi) is 4.18. The van der Waals surface area contributed by atoms with Crippen molar-refractivity contribution in [3.8, 4) is 12.1 Å². The number of nitriles is 2. The third-order valence-electron chi connectivity index (χ3n) is 5.41. The van der Waals surface area contributed by atoms with Crippen molar-refractivity contribution in [3.63, 3.8) is 0 Å². The quantitative estimate of drug-likeness (QED) is 0.892. The third kappa shape index (κ3) is 2.68. The van der Waals surface area contributed by atoms with E-state index in [9.17, 15) is 15.3 Å². The number of aromatic nitrogens is 1. The number of carbonyl (C=O) groups excluding carboxylic acids is 1. The minimum Gasteiger partial charge on any atom is -0.349 e. The van der Waals surface area contributed by atoms with Gasteiger partial charge < -0.3 is 5.32 Å². The van der Waals surface area contributed by atoms with Gasteiger partial charge in [-0.3, -0.25) is 9.78 Å². The van der Waals surface area contributed by atoms with E-state index in [2.05, 4.69) is 10.3 Å². The fourth-order valence-electron chi connectivity index (χ4n) is 4.09. The van der Waals surface area contributed by atoms with Crippen molar-refractivity contribution in [3.05, 3.63) is 65.4 Å². The first-order valence-electron chi connectivity index (χ1n) is 8.59. The lowest BCUT2D eigenvalue weighted by Gasteiger charge is -2.33. The highest BCUT2D eigenvalue weighted by molar-refractivity contribution is 6.31. The molecule has 6 heteroatoms. The van der Waals surface area contributed by atoms with Crippen LogP contribution in [0.5, 0.6) is 0 Å². The molecule has 27 heavy (non-hydrogen) atoms. The molecule has 5 nitrogen and oxygen atoms in total. The van der Waals surface area contributed by atoms with Crippen LogP contribution in [0.15, 0.2) is 54.6 Å². The smallest absolute Gasteiger partial charge is 0.230 e. The van der Waals surface area contributed by atoms with Gasteiger partial charge in [0.05, 0.1) is 29.1 Å². The SMILES string of the molecule is N#CC(C#N)C1(Cc2ccc3ccc(Cl)cc3n2)C(=O)NC2C=CC=CC21. The maximum Gasteiger partial charge on any atom is 0.230 e. The number of hydrogen-bond donors (Lipinski definition) is 1. The highest BCUT2D eigenvalue weighted by atomic mass is 35.5. The van der Waals surface area contributed by atoms with E-state index in [1.165, 1.54) is 0 Å². The van der Waals surface area contributed by atoms with Gasteiger partial charge in [0.25, 0.3) is 0 Å². The second-order valence-corrected chi connectivity index (χ2v) is 7.28. The first-order valence-corrected chi connectivity index (χ1v) is 8.96. The molecule has 1 aromatic heterocycles. The molecule has 3 atom stereocenters. The number of amides is 1. The summed E-state index contributed by atoms with van der Waals surface area (Å²) in [7, 11) is 0. The minimum atomic E-state index is -1.19. The molecule has 1 aliphatic carbocycles. The fourth-order valence-corrected chi connectivity index (χ4v) is 4.25. The van der Waals surface area contributed by atoms with Crippen LogP contribution in [-0.2, 0) is 11.2 Å². The second kappa shape index (κ2) is 6.54. The molecule has 2 aromatic rings. The summed E-state index contributed by atoms with van der Waals surface area (Å²) in [5.41, 5.74) is 0.183.